The number of ketones is 1. The molecule has 0 aliphatic heterocycles. The lowest BCUT2D eigenvalue weighted by Gasteiger charge is -2.26. The van der Waals surface area contributed by atoms with Gasteiger partial charge in [0.05, 0.1) is 6.04 Å². The molecule has 9 heteroatoms. The summed E-state index contributed by atoms with van der Waals surface area (Å²) in [6.45, 7) is 11.2. The summed E-state index contributed by atoms with van der Waals surface area (Å²) in [6.07, 6.45) is -0.172. The third kappa shape index (κ3) is 5.15. The predicted octanol–water partition coefficient (Wildman–Crippen LogP) is 4.35. The van der Waals surface area contributed by atoms with E-state index in [9.17, 15) is 14.7 Å². The van der Waals surface area contributed by atoms with E-state index in [1.54, 1.807) is 20.8 Å². The first-order chi connectivity index (χ1) is 15.5. The van der Waals surface area contributed by atoms with Crippen molar-refractivity contribution in [1.29, 1.82) is 0 Å². The summed E-state index contributed by atoms with van der Waals surface area (Å²) in [5.74, 6) is -0.591. The first-order valence-electron chi connectivity index (χ1n) is 11.2. The first kappa shape index (κ1) is 25.0. The third-order valence-electron chi connectivity index (χ3n) is 5.40. The fraction of sp³-hybridized carbons (Fsp3) is 0.500. The van der Waals surface area contributed by atoms with E-state index >= 15 is 0 Å². The quantitative estimate of drug-likeness (QED) is 0.327. The molecule has 3 atom stereocenters. The van der Waals surface area contributed by atoms with Gasteiger partial charge in [0, 0.05) is 5.92 Å². The zero-order chi connectivity index (χ0) is 24.5. The van der Waals surface area contributed by atoms with Crippen molar-refractivity contribution in [3.8, 4) is 11.6 Å². The maximum Gasteiger partial charge on any atom is 0.334 e. The summed E-state index contributed by atoms with van der Waals surface area (Å²) in [5, 5.41) is 19.8. The van der Waals surface area contributed by atoms with Crippen molar-refractivity contribution in [2.24, 2.45) is 5.41 Å². The largest absolute Gasteiger partial charge is 0.435 e. The average Bonchev–Trinajstić information content (AvgIpc) is 3.32. The molecule has 0 spiro atoms. The van der Waals surface area contributed by atoms with Crippen LogP contribution in [0.15, 0.2) is 28.7 Å². The number of para-hydroxylation sites is 2. The fourth-order valence-electron chi connectivity index (χ4n) is 3.58. The average molecular weight is 474 g/mol. The number of nitrogen functional groups attached to an aromatic ring is 1. The Morgan fingerprint density at radius 2 is 1.88 bits per heavy atom. The van der Waals surface area contributed by atoms with Crippen molar-refractivity contribution >= 4 is 33.4 Å². The normalized spacial score (nSPS) is 14.5. The molecular formula is C24H33N4O4S+. The topological polar surface area (TPSA) is 131 Å². The van der Waals surface area contributed by atoms with Crippen LogP contribution in [0.4, 0.5) is 0 Å². The van der Waals surface area contributed by atoms with Gasteiger partial charge in [-0.05, 0) is 24.0 Å². The Balaban J connectivity index is 2.00. The number of carbonyl (C=O) groups excluding carboxylic acids is 2. The number of fused-ring (bicyclic) bond motifs is 1. The molecule has 0 aliphatic rings. The van der Waals surface area contributed by atoms with Gasteiger partial charge in [-0.15, -0.1) is 5.14 Å². The Kier molecular flexibility index (Phi) is 7.36. The summed E-state index contributed by atoms with van der Waals surface area (Å²) in [7, 11) is -1.06. The van der Waals surface area contributed by atoms with Gasteiger partial charge < -0.3 is 14.8 Å². The van der Waals surface area contributed by atoms with Gasteiger partial charge >= 0.3 is 5.01 Å². The zero-order valence-electron chi connectivity index (χ0n) is 20.0. The number of hydrogen-bond acceptors (Lipinski definition) is 7. The number of rotatable bonds is 8. The second-order valence-electron chi connectivity index (χ2n) is 9.59. The molecule has 0 fully saturated rings. The van der Waals surface area contributed by atoms with Crippen LogP contribution in [0.2, 0.25) is 0 Å². The highest BCUT2D eigenvalue weighted by Crippen LogP contribution is 2.39. The van der Waals surface area contributed by atoms with Gasteiger partial charge in [-0.3, -0.25) is 9.59 Å². The smallest absolute Gasteiger partial charge is 0.334 e. The van der Waals surface area contributed by atoms with E-state index in [4.69, 9.17) is 9.56 Å². The van der Waals surface area contributed by atoms with Crippen molar-refractivity contribution in [3.05, 3.63) is 34.2 Å². The predicted molar refractivity (Wildman–Crippen MR) is 131 cm³/mol. The number of aromatic nitrogens is 2. The van der Waals surface area contributed by atoms with Gasteiger partial charge in [0.2, 0.25) is 10.8 Å². The number of aliphatic hydroxyl groups excluding tert-OH is 1. The second kappa shape index (κ2) is 9.70. The maximum absolute atomic E-state index is 13.5. The Bertz CT molecular complexity index is 1130. The van der Waals surface area contributed by atoms with E-state index in [0.717, 1.165) is 4.88 Å². The highest BCUT2D eigenvalue weighted by Gasteiger charge is 2.40. The lowest BCUT2D eigenvalue weighted by Crippen LogP contribution is -2.49. The lowest BCUT2D eigenvalue weighted by molar-refractivity contribution is -0.135. The molecule has 0 bridgehead atoms. The van der Waals surface area contributed by atoms with Crippen LogP contribution in [-0.4, -0.2) is 38.9 Å². The molecule has 1 unspecified atom stereocenters. The minimum Gasteiger partial charge on any atom is -0.435 e. The van der Waals surface area contributed by atoms with Gasteiger partial charge in [0.1, 0.15) is 22.3 Å². The molecule has 0 saturated heterocycles. The van der Waals surface area contributed by atoms with Crippen LogP contribution < -0.4 is 10.5 Å². The van der Waals surface area contributed by atoms with Crippen molar-refractivity contribution in [2.75, 3.05) is 5.14 Å². The van der Waals surface area contributed by atoms with Crippen LogP contribution in [0.3, 0.4) is 0 Å². The van der Waals surface area contributed by atoms with Crippen molar-refractivity contribution in [2.45, 2.75) is 72.4 Å². The van der Waals surface area contributed by atoms with E-state index in [2.05, 4.69) is 15.3 Å². The number of aliphatic hydroxyl groups is 1. The molecule has 0 saturated carbocycles. The molecule has 0 radical (unpaired) electrons. The molecule has 2 aromatic heterocycles. The van der Waals surface area contributed by atoms with E-state index in [1.165, 1.54) is 0 Å². The third-order valence-corrected chi connectivity index (χ3v) is 7.25. The van der Waals surface area contributed by atoms with Crippen LogP contribution in [0.1, 0.15) is 75.0 Å². The van der Waals surface area contributed by atoms with Crippen LogP contribution >= 0.6 is 10.7 Å². The number of amides is 1. The second-order valence-corrected chi connectivity index (χ2v) is 11.1. The van der Waals surface area contributed by atoms with Gasteiger partial charge in [-0.25, -0.2) is 4.98 Å². The Hall–Kier alpha value is -2.62. The Morgan fingerprint density at radius 1 is 1.21 bits per heavy atom. The Morgan fingerprint density at radius 3 is 2.45 bits per heavy atom. The minimum atomic E-state index is -1.24. The molecule has 2 heterocycles. The first-order valence-corrected chi connectivity index (χ1v) is 12.4. The number of thiazole rings is 1. The zero-order valence-corrected chi connectivity index (χ0v) is 20.8. The van der Waals surface area contributed by atoms with Gasteiger partial charge in [-0.1, -0.05) is 60.1 Å². The lowest BCUT2D eigenvalue weighted by atomic mass is 9.88. The van der Waals surface area contributed by atoms with Crippen molar-refractivity contribution < 1.29 is 19.1 Å². The molecule has 1 amide bonds. The van der Waals surface area contributed by atoms with Crippen molar-refractivity contribution in [3.63, 3.8) is 0 Å². The summed E-state index contributed by atoms with van der Waals surface area (Å²) >= 11 is 0. The SMILES string of the molecule is CCC[C@H](NC(=O)[C@@H](O)C(C)(C)C)C(=O)c1nc(-c2nc3ccccc3o2)c(C(C)C)[s+]1N. The number of oxazole rings is 1. The summed E-state index contributed by atoms with van der Waals surface area (Å²) in [4.78, 5) is 36.0. The number of carbonyl (C=O) groups is 2. The molecule has 4 N–H and O–H groups in total. The van der Waals surface area contributed by atoms with Gasteiger partial charge in [0.25, 0.3) is 11.7 Å². The highest BCUT2D eigenvalue weighted by atomic mass is 32.2. The molecule has 3 rings (SSSR count). The molecular weight excluding hydrogens is 440 g/mol. The van der Waals surface area contributed by atoms with Crippen LogP contribution in [0.25, 0.3) is 22.7 Å². The number of benzene rings is 1. The number of nitrogens with one attached hydrogen (secondary N) is 1. The van der Waals surface area contributed by atoms with Crippen LogP contribution in [-0.2, 0) is 4.79 Å². The molecule has 0 aliphatic carbocycles. The maximum atomic E-state index is 13.5. The molecule has 8 nitrogen and oxygen atoms in total. The van der Waals surface area contributed by atoms with Crippen LogP contribution in [0, 0.1) is 5.41 Å². The van der Waals surface area contributed by atoms with E-state index in [-0.39, 0.29) is 16.7 Å². The number of nitrogens with zero attached hydrogens (tertiary/aromatic N) is 2. The van der Waals surface area contributed by atoms with E-state index in [1.807, 2.05) is 45.0 Å². The fourth-order valence-corrected chi connectivity index (χ4v) is 5.19. The van der Waals surface area contributed by atoms with Gasteiger partial charge in [-0.2, -0.15) is 4.98 Å². The van der Waals surface area contributed by atoms with Crippen LogP contribution in [0.5, 0.6) is 0 Å². The summed E-state index contributed by atoms with van der Waals surface area (Å²) in [6, 6.07) is 6.57. The number of hydrogen-bond donors (Lipinski definition) is 3. The molecule has 1 aromatic carbocycles. The highest BCUT2D eigenvalue weighted by molar-refractivity contribution is 7.33. The van der Waals surface area contributed by atoms with E-state index in [0.29, 0.717) is 35.5 Å². The number of nitrogens with two attached hydrogens (primary N) is 1. The number of Topliss-reactive ketones (excluding diaryl/α,β-unsaturated/α-hetero) is 1. The molecule has 178 valence electrons. The van der Waals surface area contributed by atoms with Crippen molar-refractivity contribution in [1.82, 2.24) is 15.3 Å². The Labute approximate surface area is 196 Å². The van der Waals surface area contributed by atoms with Gasteiger partial charge in [0.15, 0.2) is 11.3 Å². The summed E-state index contributed by atoms with van der Waals surface area (Å²) < 4.78 is 5.91. The monoisotopic (exact) mass is 473 g/mol. The standard InChI is InChI=1S/C24H32N4O4S/c1-7-10-15(26-21(31)20(30)24(4,5)6)18(29)23-28-17(19(13(2)3)33(23)25)22-27-14-11-8-9-12-16(14)32-22/h8-9,11-13,15,20,30H,7,10,25H2,1-6H3/p+1/t15-,20+,33?/m0/s1. The molecule has 3 aromatic rings. The summed E-state index contributed by atoms with van der Waals surface area (Å²) in [5.41, 5.74) is 1.15. The molecule has 33 heavy (non-hydrogen) atoms. The van der Waals surface area contributed by atoms with E-state index < -0.39 is 34.1 Å². The minimum absolute atomic E-state index is 0.0133.